The predicted molar refractivity (Wildman–Crippen MR) is 55.2 cm³/mol. The molecule has 80 valence electrons. The highest BCUT2D eigenvalue weighted by Gasteiger charge is 2.16. The zero-order valence-electron chi connectivity index (χ0n) is 8.83. The monoisotopic (exact) mass is 206 g/mol. The number of rotatable bonds is 3. The van der Waals surface area contributed by atoms with Gasteiger partial charge in [0, 0.05) is 19.8 Å². The first kappa shape index (κ1) is 9.92. The van der Waals surface area contributed by atoms with Crippen LogP contribution in [0, 0.1) is 0 Å². The molecule has 1 unspecified atom stereocenters. The molecule has 1 N–H and O–H groups in total. The first-order valence-electron chi connectivity index (χ1n) is 4.90. The largest absolute Gasteiger partial charge is 0.380 e. The lowest BCUT2D eigenvalue weighted by atomic mass is 10.2. The quantitative estimate of drug-likeness (QED) is 0.805. The maximum Gasteiger partial charge on any atom is 0.139 e. The SMILES string of the molecule is CCn1cncc1C(O)c1ccn(C)n1. The molecule has 0 aromatic carbocycles. The minimum absolute atomic E-state index is 0.646. The molecule has 0 spiro atoms. The normalized spacial score (nSPS) is 13.0. The van der Waals surface area contributed by atoms with E-state index in [0.717, 1.165) is 12.2 Å². The Morgan fingerprint density at radius 1 is 1.53 bits per heavy atom. The van der Waals surface area contributed by atoms with Crippen molar-refractivity contribution in [3.05, 3.63) is 36.2 Å². The van der Waals surface area contributed by atoms with E-state index >= 15 is 0 Å². The minimum Gasteiger partial charge on any atom is -0.380 e. The Bertz CT molecular complexity index is 446. The lowest BCUT2D eigenvalue weighted by Crippen LogP contribution is -2.08. The molecule has 2 aromatic rings. The summed E-state index contributed by atoms with van der Waals surface area (Å²) in [5.74, 6) is 0. The van der Waals surface area contributed by atoms with Crippen LogP contribution in [0.25, 0.3) is 0 Å². The van der Waals surface area contributed by atoms with E-state index in [2.05, 4.69) is 10.1 Å². The molecule has 2 heterocycles. The standard InChI is InChI=1S/C10H14N4O/c1-3-14-7-11-6-9(14)10(15)8-4-5-13(2)12-8/h4-7,10,15H,3H2,1-2H3. The van der Waals surface area contributed by atoms with Gasteiger partial charge in [0.15, 0.2) is 0 Å². The zero-order chi connectivity index (χ0) is 10.8. The molecule has 15 heavy (non-hydrogen) atoms. The molecule has 0 saturated heterocycles. The third-order valence-corrected chi connectivity index (χ3v) is 2.38. The second-order valence-corrected chi connectivity index (χ2v) is 3.42. The van der Waals surface area contributed by atoms with Crippen LogP contribution in [0.4, 0.5) is 0 Å². The number of imidazole rings is 1. The molecule has 1 atom stereocenters. The second kappa shape index (κ2) is 3.86. The van der Waals surface area contributed by atoms with E-state index in [1.807, 2.05) is 24.7 Å². The molecule has 2 aromatic heterocycles. The molecule has 0 fully saturated rings. The Morgan fingerprint density at radius 2 is 2.33 bits per heavy atom. The Balaban J connectivity index is 2.31. The predicted octanol–water partition coefficient (Wildman–Crippen LogP) is 0.718. The molecule has 5 nitrogen and oxygen atoms in total. The number of aliphatic hydroxyl groups is 1. The lowest BCUT2D eigenvalue weighted by Gasteiger charge is -2.09. The van der Waals surface area contributed by atoms with E-state index in [0.29, 0.717) is 5.69 Å². The van der Waals surface area contributed by atoms with Gasteiger partial charge in [-0.15, -0.1) is 0 Å². The summed E-state index contributed by atoms with van der Waals surface area (Å²) in [6.07, 6.45) is 4.49. The Hall–Kier alpha value is -1.62. The van der Waals surface area contributed by atoms with E-state index in [-0.39, 0.29) is 0 Å². The average molecular weight is 206 g/mol. The van der Waals surface area contributed by atoms with Crippen molar-refractivity contribution in [2.24, 2.45) is 7.05 Å². The second-order valence-electron chi connectivity index (χ2n) is 3.42. The maximum atomic E-state index is 10.1. The molecular weight excluding hydrogens is 192 g/mol. The van der Waals surface area contributed by atoms with Crippen LogP contribution in [0.15, 0.2) is 24.8 Å². The summed E-state index contributed by atoms with van der Waals surface area (Å²) < 4.78 is 3.57. The summed E-state index contributed by atoms with van der Waals surface area (Å²) in [5, 5.41) is 14.2. The third-order valence-electron chi connectivity index (χ3n) is 2.38. The fraction of sp³-hybridized carbons (Fsp3) is 0.400. The third kappa shape index (κ3) is 1.78. The fourth-order valence-corrected chi connectivity index (χ4v) is 1.55. The van der Waals surface area contributed by atoms with E-state index in [1.54, 1.807) is 23.3 Å². The summed E-state index contributed by atoms with van der Waals surface area (Å²) in [5.41, 5.74) is 1.42. The van der Waals surface area contributed by atoms with Crippen molar-refractivity contribution in [3.8, 4) is 0 Å². The van der Waals surface area contributed by atoms with Crippen LogP contribution in [0.2, 0.25) is 0 Å². The summed E-state index contributed by atoms with van der Waals surface area (Å²) in [6, 6.07) is 1.80. The summed E-state index contributed by atoms with van der Waals surface area (Å²) >= 11 is 0. The number of hydrogen-bond acceptors (Lipinski definition) is 3. The van der Waals surface area contributed by atoms with Crippen LogP contribution in [-0.4, -0.2) is 24.4 Å². The van der Waals surface area contributed by atoms with Gasteiger partial charge in [-0.3, -0.25) is 4.68 Å². The van der Waals surface area contributed by atoms with E-state index in [4.69, 9.17) is 0 Å². The molecule has 2 rings (SSSR count). The van der Waals surface area contributed by atoms with Crippen LogP contribution in [0.1, 0.15) is 24.4 Å². The van der Waals surface area contributed by atoms with Gasteiger partial charge in [-0.2, -0.15) is 5.10 Å². The van der Waals surface area contributed by atoms with Crippen molar-refractivity contribution >= 4 is 0 Å². The average Bonchev–Trinajstić information content (AvgIpc) is 2.84. The van der Waals surface area contributed by atoms with Crippen molar-refractivity contribution < 1.29 is 5.11 Å². The topological polar surface area (TPSA) is 55.9 Å². The summed E-state index contributed by atoms with van der Waals surface area (Å²) in [7, 11) is 1.83. The number of hydrogen-bond donors (Lipinski definition) is 1. The van der Waals surface area contributed by atoms with Crippen LogP contribution >= 0.6 is 0 Å². The van der Waals surface area contributed by atoms with Gasteiger partial charge < -0.3 is 9.67 Å². The highest BCUT2D eigenvalue weighted by molar-refractivity contribution is 5.16. The molecule has 5 heteroatoms. The fourth-order valence-electron chi connectivity index (χ4n) is 1.55. The number of aryl methyl sites for hydroxylation is 2. The highest BCUT2D eigenvalue weighted by Crippen LogP contribution is 2.19. The first-order valence-corrected chi connectivity index (χ1v) is 4.90. The highest BCUT2D eigenvalue weighted by atomic mass is 16.3. The van der Waals surface area contributed by atoms with Crippen molar-refractivity contribution in [2.75, 3.05) is 0 Å². The van der Waals surface area contributed by atoms with Crippen LogP contribution < -0.4 is 0 Å². The van der Waals surface area contributed by atoms with E-state index < -0.39 is 6.10 Å². The van der Waals surface area contributed by atoms with Gasteiger partial charge >= 0.3 is 0 Å². The van der Waals surface area contributed by atoms with Gasteiger partial charge in [0.1, 0.15) is 6.10 Å². The van der Waals surface area contributed by atoms with Gasteiger partial charge in [-0.25, -0.2) is 4.98 Å². The zero-order valence-corrected chi connectivity index (χ0v) is 8.83. The van der Waals surface area contributed by atoms with Crippen LogP contribution in [0.3, 0.4) is 0 Å². The first-order chi connectivity index (χ1) is 7.22. The van der Waals surface area contributed by atoms with Crippen molar-refractivity contribution in [1.82, 2.24) is 19.3 Å². The number of aliphatic hydroxyl groups excluding tert-OH is 1. The lowest BCUT2D eigenvalue weighted by molar-refractivity contribution is 0.204. The molecule has 0 bridgehead atoms. The van der Waals surface area contributed by atoms with Gasteiger partial charge in [-0.05, 0) is 13.0 Å². The van der Waals surface area contributed by atoms with Gasteiger partial charge in [-0.1, -0.05) is 0 Å². The Labute approximate surface area is 88.0 Å². The van der Waals surface area contributed by atoms with Crippen molar-refractivity contribution in [3.63, 3.8) is 0 Å². The molecule has 0 radical (unpaired) electrons. The van der Waals surface area contributed by atoms with Gasteiger partial charge in [0.05, 0.1) is 23.9 Å². The molecule has 0 aliphatic heterocycles. The Kier molecular flexibility index (Phi) is 2.55. The molecule has 0 aliphatic rings. The molecule has 0 amide bonds. The van der Waals surface area contributed by atoms with Crippen LogP contribution in [-0.2, 0) is 13.6 Å². The maximum absolute atomic E-state index is 10.1. The minimum atomic E-state index is -0.700. The summed E-state index contributed by atoms with van der Waals surface area (Å²) in [4.78, 5) is 4.01. The number of nitrogens with zero attached hydrogens (tertiary/aromatic N) is 4. The van der Waals surface area contributed by atoms with Gasteiger partial charge in [0.2, 0.25) is 0 Å². The van der Waals surface area contributed by atoms with Crippen molar-refractivity contribution in [2.45, 2.75) is 19.6 Å². The molecule has 0 saturated carbocycles. The van der Waals surface area contributed by atoms with E-state index in [1.165, 1.54) is 0 Å². The summed E-state index contributed by atoms with van der Waals surface area (Å²) in [6.45, 7) is 2.80. The Morgan fingerprint density at radius 3 is 2.93 bits per heavy atom. The van der Waals surface area contributed by atoms with Crippen LogP contribution in [0.5, 0.6) is 0 Å². The smallest absolute Gasteiger partial charge is 0.139 e. The van der Waals surface area contributed by atoms with Gasteiger partial charge in [0.25, 0.3) is 0 Å². The van der Waals surface area contributed by atoms with Crippen molar-refractivity contribution in [1.29, 1.82) is 0 Å². The number of aromatic nitrogens is 4. The molecular formula is C10H14N4O. The molecule has 0 aliphatic carbocycles. The van der Waals surface area contributed by atoms with E-state index in [9.17, 15) is 5.11 Å².